The van der Waals surface area contributed by atoms with Gasteiger partial charge in [0.15, 0.2) is 0 Å². The Kier molecular flexibility index (Phi) is 2.64. The molecule has 1 aliphatic carbocycles. The molecule has 2 saturated heterocycles. The Morgan fingerprint density at radius 2 is 2.31 bits per heavy atom. The molecule has 0 aromatic heterocycles. The molecule has 3 aliphatic rings. The molecule has 16 heavy (non-hydrogen) atoms. The number of ether oxygens (including phenoxy) is 2. The number of carbonyl (C=O) groups excluding carboxylic acids is 1. The van der Waals surface area contributed by atoms with Crippen molar-refractivity contribution in [2.24, 2.45) is 5.92 Å². The SMILES string of the molecule is O=C(O[C@H]1CCOC1)C1CCCC2(CN2)C1. The third-order valence-corrected chi connectivity index (χ3v) is 4.03. The molecule has 3 rings (SSSR count). The Bertz CT molecular complexity index is 282. The number of hydrogen-bond donors (Lipinski definition) is 1. The zero-order valence-electron chi connectivity index (χ0n) is 9.54. The van der Waals surface area contributed by atoms with Crippen LogP contribution in [0.5, 0.6) is 0 Å². The summed E-state index contributed by atoms with van der Waals surface area (Å²) in [5, 5.41) is 3.40. The van der Waals surface area contributed by atoms with E-state index in [4.69, 9.17) is 9.47 Å². The standard InChI is InChI=1S/C12H19NO3/c14-11(16-10-3-5-15-7-10)9-2-1-4-12(6-9)8-13-12/h9-10,13H,1-8H2/t9?,10-,12?/m0/s1. The van der Waals surface area contributed by atoms with Crippen LogP contribution in [0.3, 0.4) is 0 Å². The minimum absolute atomic E-state index is 0.00303. The molecule has 4 heteroatoms. The predicted molar refractivity (Wildman–Crippen MR) is 58.0 cm³/mol. The van der Waals surface area contributed by atoms with Gasteiger partial charge in [0, 0.05) is 18.5 Å². The monoisotopic (exact) mass is 225 g/mol. The van der Waals surface area contributed by atoms with Gasteiger partial charge in [-0.05, 0) is 19.3 Å². The van der Waals surface area contributed by atoms with Crippen molar-refractivity contribution < 1.29 is 14.3 Å². The lowest BCUT2D eigenvalue weighted by Crippen LogP contribution is -2.33. The summed E-state index contributed by atoms with van der Waals surface area (Å²) >= 11 is 0. The zero-order valence-corrected chi connectivity index (χ0v) is 9.54. The van der Waals surface area contributed by atoms with Crippen molar-refractivity contribution in [2.45, 2.75) is 43.7 Å². The summed E-state index contributed by atoms with van der Waals surface area (Å²) in [5.74, 6) is 0.118. The van der Waals surface area contributed by atoms with Crippen LogP contribution in [-0.2, 0) is 14.3 Å². The molecule has 0 aromatic carbocycles. The third-order valence-electron chi connectivity index (χ3n) is 4.03. The Morgan fingerprint density at radius 1 is 1.44 bits per heavy atom. The second-order valence-corrected chi connectivity index (χ2v) is 5.35. The maximum Gasteiger partial charge on any atom is 0.309 e. The summed E-state index contributed by atoms with van der Waals surface area (Å²) in [6.45, 7) is 2.40. The predicted octanol–water partition coefficient (Wildman–Crippen LogP) is 0.851. The number of carbonyl (C=O) groups is 1. The van der Waals surface area contributed by atoms with E-state index < -0.39 is 0 Å². The van der Waals surface area contributed by atoms with Gasteiger partial charge >= 0.3 is 5.97 Å². The van der Waals surface area contributed by atoms with Gasteiger partial charge < -0.3 is 14.8 Å². The van der Waals surface area contributed by atoms with E-state index in [0.29, 0.717) is 12.1 Å². The summed E-state index contributed by atoms with van der Waals surface area (Å²) in [6, 6.07) is 0. The second kappa shape index (κ2) is 4.00. The van der Waals surface area contributed by atoms with Gasteiger partial charge in [-0.1, -0.05) is 6.42 Å². The van der Waals surface area contributed by atoms with Crippen LogP contribution in [0.1, 0.15) is 32.1 Å². The second-order valence-electron chi connectivity index (χ2n) is 5.35. The van der Waals surface area contributed by atoms with Gasteiger partial charge in [-0.3, -0.25) is 4.79 Å². The molecule has 1 saturated carbocycles. The highest BCUT2D eigenvalue weighted by Crippen LogP contribution is 2.39. The smallest absolute Gasteiger partial charge is 0.309 e. The van der Waals surface area contributed by atoms with E-state index in [1.54, 1.807) is 0 Å². The van der Waals surface area contributed by atoms with Gasteiger partial charge in [0.2, 0.25) is 0 Å². The molecule has 2 unspecified atom stereocenters. The van der Waals surface area contributed by atoms with Crippen molar-refractivity contribution in [2.75, 3.05) is 19.8 Å². The summed E-state index contributed by atoms with van der Waals surface area (Å²) < 4.78 is 10.7. The summed E-state index contributed by atoms with van der Waals surface area (Å²) in [4.78, 5) is 12.0. The van der Waals surface area contributed by atoms with E-state index in [1.165, 1.54) is 6.42 Å². The Balaban J connectivity index is 1.53. The highest BCUT2D eigenvalue weighted by atomic mass is 16.6. The minimum Gasteiger partial charge on any atom is -0.460 e. The van der Waals surface area contributed by atoms with Gasteiger partial charge in [0.1, 0.15) is 6.10 Å². The first-order chi connectivity index (χ1) is 7.77. The van der Waals surface area contributed by atoms with E-state index >= 15 is 0 Å². The molecule has 2 heterocycles. The first kappa shape index (κ1) is 10.5. The third kappa shape index (κ3) is 2.09. The number of hydrogen-bond acceptors (Lipinski definition) is 4. The van der Waals surface area contributed by atoms with Gasteiger partial charge in [-0.2, -0.15) is 0 Å². The highest BCUT2D eigenvalue weighted by Gasteiger charge is 2.47. The molecule has 1 spiro atoms. The largest absolute Gasteiger partial charge is 0.460 e. The average Bonchev–Trinajstić information content (AvgIpc) is 2.83. The van der Waals surface area contributed by atoms with E-state index in [9.17, 15) is 4.79 Å². The summed E-state index contributed by atoms with van der Waals surface area (Å²) in [7, 11) is 0. The molecule has 3 fully saturated rings. The molecule has 3 atom stereocenters. The van der Waals surface area contributed by atoms with Crippen LogP contribution < -0.4 is 5.32 Å². The minimum atomic E-state index is 0.00303. The Hall–Kier alpha value is -0.610. The maximum absolute atomic E-state index is 12.0. The Morgan fingerprint density at radius 3 is 3.00 bits per heavy atom. The van der Waals surface area contributed by atoms with Crippen molar-refractivity contribution in [3.05, 3.63) is 0 Å². The fourth-order valence-electron chi connectivity index (χ4n) is 2.88. The molecule has 90 valence electrons. The van der Waals surface area contributed by atoms with Crippen molar-refractivity contribution in [3.63, 3.8) is 0 Å². The van der Waals surface area contributed by atoms with E-state index in [1.807, 2.05) is 0 Å². The molecule has 1 N–H and O–H groups in total. The number of nitrogens with one attached hydrogen (secondary N) is 1. The lowest BCUT2D eigenvalue weighted by atomic mass is 9.81. The van der Waals surface area contributed by atoms with Crippen LogP contribution in [0.25, 0.3) is 0 Å². The molecular weight excluding hydrogens is 206 g/mol. The van der Waals surface area contributed by atoms with Crippen LogP contribution in [0, 0.1) is 5.92 Å². The zero-order chi connectivity index (χ0) is 11.0. The van der Waals surface area contributed by atoms with Gasteiger partial charge in [-0.25, -0.2) is 0 Å². The molecule has 2 aliphatic heterocycles. The Labute approximate surface area is 95.7 Å². The molecule has 0 aromatic rings. The van der Waals surface area contributed by atoms with Crippen molar-refractivity contribution in [1.29, 1.82) is 0 Å². The van der Waals surface area contributed by atoms with E-state index in [2.05, 4.69) is 5.32 Å². The molecular formula is C12H19NO3. The summed E-state index contributed by atoms with van der Waals surface area (Å²) in [5.41, 5.74) is 0.300. The fraction of sp³-hybridized carbons (Fsp3) is 0.917. The van der Waals surface area contributed by atoms with Gasteiger partial charge in [0.05, 0.1) is 19.1 Å². The van der Waals surface area contributed by atoms with Crippen molar-refractivity contribution in [3.8, 4) is 0 Å². The van der Waals surface area contributed by atoms with Crippen LogP contribution in [0.4, 0.5) is 0 Å². The first-order valence-corrected chi connectivity index (χ1v) is 6.31. The van der Waals surface area contributed by atoms with E-state index in [-0.39, 0.29) is 18.0 Å². The van der Waals surface area contributed by atoms with Crippen molar-refractivity contribution >= 4 is 5.97 Å². The lowest BCUT2D eigenvalue weighted by Gasteiger charge is -2.27. The van der Waals surface area contributed by atoms with Crippen LogP contribution in [0.15, 0.2) is 0 Å². The molecule has 0 amide bonds. The lowest BCUT2D eigenvalue weighted by molar-refractivity contribution is -0.155. The molecule has 4 nitrogen and oxygen atoms in total. The first-order valence-electron chi connectivity index (χ1n) is 6.31. The van der Waals surface area contributed by atoms with Crippen molar-refractivity contribution in [1.82, 2.24) is 5.32 Å². The molecule has 0 bridgehead atoms. The highest BCUT2D eigenvalue weighted by molar-refractivity contribution is 5.73. The van der Waals surface area contributed by atoms with E-state index in [0.717, 1.165) is 38.8 Å². The van der Waals surface area contributed by atoms with Crippen LogP contribution in [-0.4, -0.2) is 37.4 Å². The topological polar surface area (TPSA) is 57.5 Å². The van der Waals surface area contributed by atoms with Gasteiger partial charge in [-0.15, -0.1) is 0 Å². The van der Waals surface area contributed by atoms with Gasteiger partial charge in [0.25, 0.3) is 0 Å². The quantitative estimate of drug-likeness (QED) is 0.559. The normalized spacial score (nSPS) is 42.2. The molecule has 0 radical (unpaired) electrons. The number of esters is 1. The van der Waals surface area contributed by atoms with Crippen LogP contribution in [0.2, 0.25) is 0 Å². The summed E-state index contributed by atoms with van der Waals surface area (Å²) in [6.07, 6.45) is 5.21. The van der Waals surface area contributed by atoms with Crippen LogP contribution >= 0.6 is 0 Å². The number of rotatable bonds is 2. The fourth-order valence-corrected chi connectivity index (χ4v) is 2.88. The maximum atomic E-state index is 12.0. The average molecular weight is 225 g/mol.